The molecule has 2 N–H and O–H groups in total. The van der Waals surface area contributed by atoms with Crippen LogP contribution in [0, 0.1) is 11.8 Å². The fraction of sp³-hybridized carbons (Fsp3) is 1.00. The minimum Gasteiger partial charge on any atom is -0.330 e. The molecule has 0 heterocycles. The minimum atomic E-state index is 0.754. The molecular weight excluding hydrogens is 172 g/mol. The van der Waals surface area contributed by atoms with E-state index in [-0.39, 0.29) is 0 Å². The van der Waals surface area contributed by atoms with Crippen LogP contribution in [0.3, 0.4) is 0 Å². The smallest absolute Gasteiger partial charge is 0.0133 e. The topological polar surface area (TPSA) is 29.3 Å². The van der Waals surface area contributed by atoms with Crippen molar-refractivity contribution >= 4 is 0 Å². The molecule has 1 aliphatic carbocycles. The predicted molar refractivity (Wildman–Crippen MR) is 62.3 cm³/mol. The lowest BCUT2D eigenvalue weighted by atomic mass is 10.0. The van der Waals surface area contributed by atoms with Gasteiger partial charge < -0.3 is 10.6 Å². The Morgan fingerprint density at radius 3 is 2.71 bits per heavy atom. The van der Waals surface area contributed by atoms with Gasteiger partial charge in [-0.2, -0.15) is 0 Å². The highest BCUT2D eigenvalue weighted by Gasteiger charge is 2.29. The summed E-state index contributed by atoms with van der Waals surface area (Å²) in [6, 6.07) is 0.758. The van der Waals surface area contributed by atoms with E-state index in [2.05, 4.69) is 25.8 Å². The Morgan fingerprint density at radius 2 is 2.14 bits per heavy atom. The van der Waals surface area contributed by atoms with E-state index in [4.69, 9.17) is 5.73 Å². The molecule has 1 saturated carbocycles. The summed E-state index contributed by atoms with van der Waals surface area (Å²) in [7, 11) is 2.27. The van der Waals surface area contributed by atoms with Crippen molar-refractivity contribution in [3.8, 4) is 0 Å². The van der Waals surface area contributed by atoms with Crippen molar-refractivity contribution in [1.82, 2.24) is 4.90 Å². The Bertz CT molecular complexity index is 158. The lowest BCUT2D eigenvalue weighted by Crippen LogP contribution is -2.39. The summed E-state index contributed by atoms with van der Waals surface area (Å²) in [4.78, 5) is 2.54. The third-order valence-corrected chi connectivity index (χ3v) is 3.78. The van der Waals surface area contributed by atoms with Gasteiger partial charge in [0.05, 0.1) is 0 Å². The Kier molecular flexibility index (Phi) is 4.90. The average Bonchev–Trinajstić information content (AvgIpc) is 2.65. The lowest BCUT2D eigenvalue weighted by Gasteiger charge is -2.31. The van der Waals surface area contributed by atoms with Gasteiger partial charge in [-0.3, -0.25) is 0 Å². The standard InChI is InChI=1S/C12H26N2/c1-4-10(2)9-14(3)12-7-5-6-11(12)8-13/h10-12H,4-9,13H2,1-3H3. The van der Waals surface area contributed by atoms with Gasteiger partial charge in [0.1, 0.15) is 0 Å². The maximum atomic E-state index is 5.80. The minimum absolute atomic E-state index is 0.754. The molecule has 1 fully saturated rings. The fourth-order valence-corrected chi connectivity index (χ4v) is 2.63. The van der Waals surface area contributed by atoms with Crippen LogP contribution in [0.15, 0.2) is 0 Å². The number of hydrogen-bond acceptors (Lipinski definition) is 2. The molecule has 3 atom stereocenters. The van der Waals surface area contributed by atoms with E-state index in [1.807, 2.05) is 0 Å². The third kappa shape index (κ3) is 2.96. The monoisotopic (exact) mass is 198 g/mol. The highest BCUT2D eigenvalue weighted by Crippen LogP contribution is 2.28. The Balaban J connectivity index is 2.38. The zero-order chi connectivity index (χ0) is 10.6. The van der Waals surface area contributed by atoms with E-state index < -0.39 is 0 Å². The van der Waals surface area contributed by atoms with Crippen LogP contribution in [0.2, 0.25) is 0 Å². The number of hydrogen-bond donors (Lipinski definition) is 1. The Hall–Kier alpha value is -0.0800. The van der Waals surface area contributed by atoms with Crippen LogP contribution >= 0.6 is 0 Å². The summed E-state index contributed by atoms with van der Waals surface area (Å²) in [6.45, 7) is 6.71. The van der Waals surface area contributed by atoms with Crippen molar-refractivity contribution in [1.29, 1.82) is 0 Å². The molecule has 2 nitrogen and oxygen atoms in total. The summed E-state index contributed by atoms with van der Waals surface area (Å²) >= 11 is 0. The maximum Gasteiger partial charge on any atom is 0.0133 e. The summed E-state index contributed by atoms with van der Waals surface area (Å²) in [5.74, 6) is 1.57. The van der Waals surface area contributed by atoms with Crippen molar-refractivity contribution in [3.05, 3.63) is 0 Å². The largest absolute Gasteiger partial charge is 0.330 e. The molecule has 0 radical (unpaired) electrons. The van der Waals surface area contributed by atoms with E-state index in [1.165, 1.54) is 32.2 Å². The van der Waals surface area contributed by atoms with Crippen LogP contribution < -0.4 is 5.73 Å². The highest BCUT2D eigenvalue weighted by molar-refractivity contribution is 4.84. The maximum absolute atomic E-state index is 5.80. The molecule has 1 aliphatic rings. The summed E-state index contributed by atoms with van der Waals surface area (Å²) in [5.41, 5.74) is 5.80. The molecule has 1 rings (SSSR count). The molecule has 0 aliphatic heterocycles. The van der Waals surface area contributed by atoms with Crippen LogP contribution in [0.5, 0.6) is 0 Å². The predicted octanol–water partition coefficient (Wildman–Crippen LogP) is 2.09. The van der Waals surface area contributed by atoms with Crippen LogP contribution in [0.4, 0.5) is 0 Å². The van der Waals surface area contributed by atoms with Crippen LogP contribution in [0.1, 0.15) is 39.5 Å². The van der Waals surface area contributed by atoms with E-state index in [1.54, 1.807) is 0 Å². The van der Waals surface area contributed by atoms with Crippen molar-refractivity contribution in [2.24, 2.45) is 17.6 Å². The second kappa shape index (κ2) is 5.72. The number of rotatable bonds is 5. The first-order valence-electron chi connectivity index (χ1n) is 6.09. The highest BCUT2D eigenvalue weighted by atomic mass is 15.1. The van der Waals surface area contributed by atoms with Gasteiger partial charge in [-0.15, -0.1) is 0 Å². The van der Waals surface area contributed by atoms with Crippen LogP contribution in [-0.4, -0.2) is 31.1 Å². The normalized spacial score (nSPS) is 29.8. The first-order valence-corrected chi connectivity index (χ1v) is 6.09. The molecule has 84 valence electrons. The zero-order valence-corrected chi connectivity index (χ0v) is 10.00. The summed E-state index contributed by atoms with van der Waals surface area (Å²) in [5, 5.41) is 0. The Labute approximate surface area is 88.8 Å². The molecule has 0 spiro atoms. The molecule has 0 aromatic heterocycles. The second-order valence-corrected chi connectivity index (χ2v) is 4.95. The number of nitrogens with two attached hydrogens (primary N) is 1. The Morgan fingerprint density at radius 1 is 1.43 bits per heavy atom. The van der Waals surface area contributed by atoms with Gasteiger partial charge in [0, 0.05) is 12.6 Å². The van der Waals surface area contributed by atoms with Crippen molar-refractivity contribution in [2.45, 2.75) is 45.6 Å². The molecule has 0 aromatic carbocycles. The SMILES string of the molecule is CCC(C)CN(C)C1CCCC1CN. The van der Waals surface area contributed by atoms with Crippen LogP contribution in [-0.2, 0) is 0 Å². The van der Waals surface area contributed by atoms with E-state index in [0.717, 1.165) is 24.4 Å². The quantitative estimate of drug-likeness (QED) is 0.733. The first kappa shape index (κ1) is 12.0. The number of nitrogens with zero attached hydrogens (tertiary/aromatic N) is 1. The zero-order valence-electron chi connectivity index (χ0n) is 10.00. The molecule has 0 bridgehead atoms. The van der Waals surface area contributed by atoms with Gasteiger partial charge in [0.25, 0.3) is 0 Å². The van der Waals surface area contributed by atoms with E-state index in [0.29, 0.717) is 0 Å². The molecule has 0 aromatic rings. The third-order valence-electron chi connectivity index (χ3n) is 3.78. The molecule has 3 unspecified atom stereocenters. The van der Waals surface area contributed by atoms with Gasteiger partial charge in [0.15, 0.2) is 0 Å². The van der Waals surface area contributed by atoms with E-state index in [9.17, 15) is 0 Å². The van der Waals surface area contributed by atoms with E-state index >= 15 is 0 Å². The average molecular weight is 198 g/mol. The molecule has 0 saturated heterocycles. The van der Waals surface area contributed by atoms with Gasteiger partial charge in [-0.05, 0) is 38.3 Å². The molecule has 2 heteroatoms. The summed E-state index contributed by atoms with van der Waals surface area (Å²) < 4.78 is 0. The van der Waals surface area contributed by atoms with Crippen molar-refractivity contribution in [2.75, 3.05) is 20.1 Å². The second-order valence-electron chi connectivity index (χ2n) is 4.95. The molecular formula is C12H26N2. The van der Waals surface area contributed by atoms with Gasteiger partial charge in [0.2, 0.25) is 0 Å². The van der Waals surface area contributed by atoms with Crippen molar-refractivity contribution in [3.63, 3.8) is 0 Å². The van der Waals surface area contributed by atoms with Gasteiger partial charge in [-0.1, -0.05) is 26.7 Å². The van der Waals surface area contributed by atoms with Crippen molar-refractivity contribution < 1.29 is 0 Å². The van der Waals surface area contributed by atoms with Gasteiger partial charge >= 0.3 is 0 Å². The summed E-state index contributed by atoms with van der Waals surface area (Å²) in [6.07, 6.45) is 5.35. The fourth-order valence-electron chi connectivity index (χ4n) is 2.63. The molecule has 14 heavy (non-hydrogen) atoms. The first-order chi connectivity index (χ1) is 6.69. The van der Waals surface area contributed by atoms with Gasteiger partial charge in [-0.25, -0.2) is 0 Å². The lowest BCUT2D eigenvalue weighted by molar-refractivity contribution is 0.175. The molecule has 0 amide bonds. The van der Waals surface area contributed by atoms with Crippen LogP contribution in [0.25, 0.3) is 0 Å².